The molecule has 1 N–H and O–H groups in total. The molecule has 5 nitrogen and oxygen atoms in total. The molecule has 2 rings (SSSR count). The summed E-state index contributed by atoms with van der Waals surface area (Å²) >= 11 is 1.30. The van der Waals surface area contributed by atoms with E-state index in [1.165, 1.54) is 11.3 Å². The quantitative estimate of drug-likeness (QED) is 0.866. The lowest BCUT2D eigenvalue weighted by atomic mass is 10.1. The highest BCUT2D eigenvalue weighted by Gasteiger charge is 2.30. The van der Waals surface area contributed by atoms with Gasteiger partial charge in [0.1, 0.15) is 4.21 Å². The number of piperidine rings is 1. The van der Waals surface area contributed by atoms with E-state index in [-0.39, 0.29) is 6.10 Å². The zero-order valence-corrected chi connectivity index (χ0v) is 13.6. The van der Waals surface area contributed by atoms with E-state index in [4.69, 9.17) is 4.74 Å². The van der Waals surface area contributed by atoms with E-state index >= 15 is 0 Å². The summed E-state index contributed by atoms with van der Waals surface area (Å²) in [6, 6.07) is 1.77. The Labute approximate surface area is 125 Å². The fraction of sp³-hybridized carbons (Fsp3) is 0.692. The summed E-state index contributed by atoms with van der Waals surface area (Å²) in [5, 5.41) is 4.93. The van der Waals surface area contributed by atoms with Crippen LogP contribution in [-0.4, -0.2) is 45.6 Å². The average Bonchev–Trinajstić information content (AvgIpc) is 2.90. The number of nitrogens with zero attached hydrogens (tertiary/aromatic N) is 1. The summed E-state index contributed by atoms with van der Waals surface area (Å²) < 4.78 is 32.7. The van der Waals surface area contributed by atoms with Crippen LogP contribution in [0.4, 0.5) is 0 Å². The molecule has 0 bridgehead atoms. The zero-order valence-electron chi connectivity index (χ0n) is 12.0. The second-order valence-corrected chi connectivity index (χ2v) is 7.94. The molecule has 114 valence electrons. The Balaban J connectivity index is 2.03. The Kier molecular flexibility index (Phi) is 5.57. The number of ether oxygens (including phenoxy) is 1. The third kappa shape index (κ3) is 3.59. The maximum absolute atomic E-state index is 12.5. The fourth-order valence-electron chi connectivity index (χ4n) is 2.39. The normalized spacial score (nSPS) is 18.5. The third-order valence-electron chi connectivity index (χ3n) is 3.41. The van der Waals surface area contributed by atoms with Gasteiger partial charge in [-0.3, -0.25) is 0 Å². The number of sulfonamides is 1. The number of nitrogens with one attached hydrogen (secondary N) is 1. The Hall–Kier alpha value is -0.470. The molecule has 0 unspecified atom stereocenters. The van der Waals surface area contributed by atoms with Gasteiger partial charge in [0, 0.05) is 26.2 Å². The molecule has 0 atom stereocenters. The zero-order chi connectivity index (χ0) is 14.6. The van der Waals surface area contributed by atoms with E-state index in [1.807, 2.05) is 19.4 Å². The molecule has 0 amide bonds. The van der Waals surface area contributed by atoms with Gasteiger partial charge in [-0.25, -0.2) is 8.42 Å². The second-order valence-electron chi connectivity index (χ2n) is 4.86. The molecule has 1 aliphatic heterocycles. The number of hydrogen-bond acceptors (Lipinski definition) is 5. The second kappa shape index (κ2) is 7.00. The van der Waals surface area contributed by atoms with Crippen LogP contribution in [0.5, 0.6) is 0 Å². The Morgan fingerprint density at radius 3 is 2.75 bits per heavy atom. The van der Waals surface area contributed by atoms with Gasteiger partial charge in [0.15, 0.2) is 0 Å². The molecular weight excluding hydrogens is 296 g/mol. The first kappa shape index (κ1) is 15.9. The van der Waals surface area contributed by atoms with Crippen LogP contribution in [0.15, 0.2) is 15.7 Å². The topological polar surface area (TPSA) is 58.6 Å². The SMILES string of the molecule is CCOC1CCN(S(=O)(=O)c2cc(CNC)cs2)CC1. The van der Waals surface area contributed by atoms with Crippen molar-refractivity contribution >= 4 is 21.4 Å². The summed E-state index contributed by atoms with van der Waals surface area (Å²) in [6.45, 7) is 4.45. The Bertz CT molecular complexity index is 519. The van der Waals surface area contributed by atoms with Crippen LogP contribution in [0.2, 0.25) is 0 Å². The molecule has 20 heavy (non-hydrogen) atoms. The van der Waals surface area contributed by atoms with E-state index in [9.17, 15) is 8.42 Å². The Morgan fingerprint density at radius 2 is 2.15 bits per heavy atom. The predicted octanol–water partition coefficient (Wildman–Crippen LogP) is 1.66. The molecule has 1 aliphatic rings. The maximum Gasteiger partial charge on any atom is 0.252 e. The first-order valence-corrected chi connectivity index (χ1v) is 9.23. The van der Waals surface area contributed by atoms with Gasteiger partial charge < -0.3 is 10.1 Å². The van der Waals surface area contributed by atoms with Crippen molar-refractivity contribution in [1.82, 2.24) is 9.62 Å². The molecule has 1 fully saturated rings. The largest absolute Gasteiger partial charge is 0.378 e. The van der Waals surface area contributed by atoms with Crippen LogP contribution < -0.4 is 5.32 Å². The van der Waals surface area contributed by atoms with Gasteiger partial charge in [-0.15, -0.1) is 11.3 Å². The molecular formula is C13H22N2O3S2. The monoisotopic (exact) mass is 318 g/mol. The van der Waals surface area contributed by atoms with Crippen molar-refractivity contribution in [2.24, 2.45) is 0 Å². The van der Waals surface area contributed by atoms with Gasteiger partial charge >= 0.3 is 0 Å². The minimum absolute atomic E-state index is 0.203. The van der Waals surface area contributed by atoms with Crippen LogP contribution in [-0.2, 0) is 21.3 Å². The van der Waals surface area contributed by atoms with Crippen LogP contribution in [0.3, 0.4) is 0 Å². The van der Waals surface area contributed by atoms with Crippen molar-refractivity contribution in [2.45, 2.75) is 36.6 Å². The summed E-state index contributed by atoms with van der Waals surface area (Å²) in [7, 11) is -1.48. The van der Waals surface area contributed by atoms with Gasteiger partial charge in [-0.2, -0.15) is 4.31 Å². The first-order chi connectivity index (χ1) is 9.57. The van der Waals surface area contributed by atoms with E-state index in [1.54, 1.807) is 10.4 Å². The lowest BCUT2D eigenvalue weighted by Gasteiger charge is -2.30. The lowest BCUT2D eigenvalue weighted by Crippen LogP contribution is -2.40. The standard InChI is InChI=1S/C13H22N2O3S2/c1-3-18-12-4-6-15(7-5-12)20(16,17)13-8-11(9-14-2)10-19-13/h8,10,12,14H,3-7,9H2,1-2H3. The van der Waals surface area contributed by atoms with Crippen LogP contribution in [0, 0.1) is 0 Å². The van der Waals surface area contributed by atoms with E-state index in [0.717, 1.165) is 18.4 Å². The third-order valence-corrected chi connectivity index (χ3v) is 6.77. The van der Waals surface area contributed by atoms with Gasteiger partial charge in [-0.05, 0) is 43.8 Å². The molecule has 0 aromatic carbocycles. The highest BCUT2D eigenvalue weighted by molar-refractivity contribution is 7.91. The summed E-state index contributed by atoms with van der Waals surface area (Å²) in [5.41, 5.74) is 1.01. The van der Waals surface area contributed by atoms with Crippen LogP contribution >= 0.6 is 11.3 Å². The smallest absolute Gasteiger partial charge is 0.252 e. The highest BCUT2D eigenvalue weighted by atomic mass is 32.2. The minimum atomic E-state index is -3.33. The van der Waals surface area contributed by atoms with Gasteiger partial charge in [0.05, 0.1) is 6.10 Å². The van der Waals surface area contributed by atoms with Gasteiger partial charge in [0.25, 0.3) is 10.0 Å². The Morgan fingerprint density at radius 1 is 1.45 bits per heavy atom. The van der Waals surface area contributed by atoms with Crippen molar-refractivity contribution in [3.8, 4) is 0 Å². The van der Waals surface area contributed by atoms with Crippen molar-refractivity contribution in [3.05, 3.63) is 17.0 Å². The van der Waals surface area contributed by atoms with Crippen molar-refractivity contribution in [3.63, 3.8) is 0 Å². The molecule has 1 aromatic heterocycles. The van der Waals surface area contributed by atoms with E-state index in [2.05, 4.69) is 5.32 Å². The van der Waals surface area contributed by atoms with Gasteiger partial charge in [-0.1, -0.05) is 0 Å². The first-order valence-electron chi connectivity index (χ1n) is 6.91. The lowest BCUT2D eigenvalue weighted by molar-refractivity contribution is 0.0290. The van der Waals surface area contributed by atoms with Crippen molar-refractivity contribution in [1.29, 1.82) is 0 Å². The fourth-order valence-corrected chi connectivity index (χ4v) is 5.22. The predicted molar refractivity (Wildman–Crippen MR) is 80.5 cm³/mol. The van der Waals surface area contributed by atoms with E-state index in [0.29, 0.717) is 30.5 Å². The molecule has 0 spiro atoms. The van der Waals surface area contributed by atoms with Crippen LogP contribution in [0.1, 0.15) is 25.3 Å². The van der Waals surface area contributed by atoms with Crippen LogP contribution in [0.25, 0.3) is 0 Å². The van der Waals surface area contributed by atoms with E-state index < -0.39 is 10.0 Å². The average molecular weight is 318 g/mol. The number of hydrogen-bond donors (Lipinski definition) is 1. The summed E-state index contributed by atoms with van der Waals surface area (Å²) in [4.78, 5) is 0. The molecule has 1 saturated heterocycles. The number of thiophene rings is 1. The minimum Gasteiger partial charge on any atom is -0.378 e. The molecule has 0 saturated carbocycles. The summed E-state index contributed by atoms with van der Waals surface area (Å²) in [6.07, 6.45) is 1.76. The molecule has 0 aliphatic carbocycles. The van der Waals surface area contributed by atoms with Crippen molar-refractivity contribution < 1.29 is 13.2 Å². The van der Waals surface area contributed by atoms with Gasteiger partial charge in [0.2, 0.25) is 0 Å². The van der Waals surface area contributed by atoms with Crippen molar-refractivity contribution in [2.75, 3.05) is 26.7 Å². The maximum atomic E-state index is 12.5. The molecule has 1 aromatic rings. The molecule has 0 radical (unpaired) electrons. The molecule has 7 heteroatoms. The number of rotatable bonds is 6. The molecule has 2 heterocycles. The highest BCUT2D eigenvalue weighted by Crippen LogP contribution is 2.26. The summed E-state index contributed by atoms with van der Waals surface area (Å²) in [5.74, 6) is 0.